The molecule has 0 aliphatic rings. The van der Waals surface area contributed by atoms with Crippen molar-refractivity contribution >= 4 is 22.9 Å². The van der Waals surface area contributed by atoms with Crippen molar-refractivity contribution in [3.8, 4) is 0 Å². The van der Waals surface area contributed by atoms with Crippen LogP contribution in [0.3, 0.4) is 0 Å². The van der Waals surface area contributed by atoms with Gasteiger partial charge in [-0.1, -0.05) is 6.92 Å². The fourth-order valence-corrected chi connectivity index (χ4v) is 1.65. The molecule has 0 saturated heterocycles. The molecule has 1 heterocycles. The van der Waals surface area contributed by atoms with Gasteiger partial charge in [-0.05, 0) is 18.2 Å². The molecule has 2 aromatic rings. The summed E-state index contributed by atoms with van der Waals surface area (Å²) in [5.41, 5.74) is 1.65. The summed E-state index contributed by atoms with van der Waals surface area (Å²) in [5, 5.41) is 8.64. The Balaban J connectivity index is 2.26. The average molecular weight is 233 g/mol. The zero-order chi connectivity index (χ0) is 12.4. The molecule has 1 N–H and O–H groups in total. The number of Topliss-reactive ketones (excluding diaryl/α,β-unsaturated/α-hetero) is 1. The van der Waals surface area contributed by atoms with Gasteiger partial charge in [-0.2, -0.15) is 0 Å². The smallest absolute Gasteiger partial charge is 0.304 e. The van der Waals surface area contributed by atoms with Crippen LogP contribution in [0.2, 0.25) is 0 Å². The molecule has 0 amide bonds. The maximum absolute atomic E-state index is 11.9. The third-order valence-electron chi connectivity index (χ3n) is 2.54. The number of rotatable bonds is 4. The van der Waals surface area contributed by atoms with Crippen LogP contribution < -0.4 is 0 Å². The lowest BCUT2D eigenvalue weighted by Gasteiger charge is -2.07. The van der Waals surface area contributed by atoms with Crippen molar-refractivity contribution in [2.45, 2.75) is 13.3 Å². The van der Waals surface area contributed by atoms with E-state index in [9.17, 15) is 9.59 Å². The highest BCUT2D eigenvalue weighted by atomic mass is 16.4. The highest BCUT2D eigenvalue weighted by Crippen LogP contribution is 2.18. The molecule has 0 aliphatic carbocycles. The standard InChI is InChI=1S/C12H11NO4/c1-7(4-11(14)15)12(16)8-2-3-9-10(5-8)17-6-13-9/h2-3,5-7H,4H2,1H3,(H,14,15). The van der Waals surface area contributed by atoms with Crippen LogP contribution in [-0.2, 0) is 4.79 Å². The second-order valence-electron chi connectivity index (χ2n) is 3.90. The van der Waals surface area contributed by atoms with Crippen LogP contribution in [0.25, 0.3) is 11.1 Å². The fourth-order valence-electron chi connectivity index (χ4n) is 1.65. The Morgan fingerprint density at radius 3 is 2.94 bits per heavy atom. The number of ketones is 1. The van der Waals surface area contributed by atoms with Gasteiger partial charge in [0, 0.05) is 11.5 Å². The van der Waals surface area contributed by atoms with Crippen LogP contribution in [0.15, 0.2) is 29.0 Å². The number of nitrogens with zero attached hydrogens (tertiary/aromatic N) is 1. The van der Waals surface area contributed by atoms with Crippen molar-refractivity contribution in [2.24, 2.45) is 5.92 Å². The molecule has 2 rings (SSSR count). The number of hydrogen-bond donors (Lipinski definition) is 1. The third kappa shape index (κ3) is 2.33. The molecule has 1 atom stereocenters. The molecule has 1 aromatic carbocycles. The molecule has 88 valence electrons. The number of carbonyl (C=O) groups excluding carboxylic acids is 1. The van der Waals surface area contributed by atoms with E-state index >= 15 is 0 Å². The van der Waals surface area contributed by atoms with Crippen LogP contribution in [0, 0.1) is 5.92 Å². The van der Waals surface area contributed by atoms with Crippen molar-refractivity contribution in [2.75, 3.05) is 0 Å². The van der Waals surface area contributed by atoms with Crippen molar-refractivity contribution in [3.63, 3.8) is 0 Å². The molecule has 1 unspecified atom stereocenters. The Morgan fingerprint density at radius 1 is 1.47 bits per heavy atom. The molecule has 0 radical (unpaired) electrons. The maximum atomic E-state index is 11.9. The molecule has 0 aliphatic heterocycles. The number of hydrogen-bond acceptors (Lipinski definition) is 4. The number of oxazole rings is 1. The van der Waals surface area contributed by atoms with Gasteiger partial charge in [0.05, 0.1) is 6.42 Å². The Hall–Kier alpha value is -2.17. The molecule has 0 spiro atoms. The SMILES string of the molecule is CC(CC(=O)O)C(=O)c1ccc2ncoc2c1. The summed E-state index contributed by atoms with van der Waals surface area (Å²) in [5.74, 6) is -1.73. The highest BCUT2D eigenvalue weighted by molar-refractivity contribution is 6.01. The summed E-state index contributed by atoms with van der Waals surface area (Å²) in [4.78, 5) is 26.4. The van der Waals surface area contributed by atoms with Crippen molar-refractivity contribution in [1.82, 2.24) is 4.98 Å². The summed E-state index contributed by atoms with van der Waals surface area (Å²) in [7, 11) is 0. The van der Waals surface area contributed by atoms with Gasteiger partial charge in [-0.25, -0.2) is 4.98 Å². The highest BCUT2D eigenvalue weighted by Gasteiger charge is 2.18. The Bertz CT molecular complexity index is 573. The predicted molar refractivity (Wildman–Crippen MR) is 59.8 cm³/mol. The summed E-state index contributed by atoms with van der Waals surface area (Å²) >= 11 is 0. The van der Waals surface area contributed by atoms with Crippen molar-refractivity contribution < 1.29 is 19.1 Å². The molecule has 5 nitrogen and oxygen atoms in total. The van der Waals surface area contributed by atoms with E-state index in [2.05, 4.69) is 4.98 Å². The van der Waals surface area contributed by atoms with Crippen LogP contribution in [0.4, 0.5) is 0 Å². The quantitative estimate of drug-likeness (QED) is 0.818. The monoisotopic (exact) mass is 233 g/mol. The van der Waals surface area contributed by atoms with Gasteiger partial charge < -0.3 is 9.52 Å². The van der Waals surface area contributed by atoms with E-state index in [4.69, 9.17) is 9.52 Å². The topological polar surface area (TPSA) is 80.4 Å². The Morgan fingerprint density at radius 2 is 2.24 bits per heavy atom. The lowest BCUT2D eigenvalue weighted by atomic mass is 9.96. The van der Waals surface area contributed by atoms with Gasteiger partial charge in [0.15, 0.2) is 17.8 Å². The van der Waals surface area contributed by atoms with E-state index in [1.807, 2.05) is 0 Å². The number of carbonyl (C=O) groups is 2. The minimum atomic E-state index is -0.980. The first kappa shape index (κ1) is 11.3. The van der Waals surface area contributed by atoms with E-state index in [-0.39, 0.29) is 12.2 Å². The minimum Gasteiger partial charge on any atom is -0.481 e. The lowest BCUT2D eigenvalue weighted by Crippen LogP contribution is -2.15. The van der Waals surface area contributed by atoms with Gasteiger partial charge in [0.1, 0.15) is 5.52 Å². The summed E-state index contributed by atoms with van der Waals surface area (Å²) in [6, 6.07) is 4.90. The largest absolute Gasteiger partial charge is 0.481 e. The molecule has 0 fully saturated rings. The minimum absolute atomic E-state index is 0.173. The Kier molecular flexibility index (Phi) is 2.91. The number of carboxylic acid groups (broad SMARTS) is 1. The van der Waals surface area contributed by atoms with Crippen LogP contribution in [0.1, 0.15) is 23.7 Å². The number of aromatic nitrogens is 1. The number of benzene rings is 1. The summed E-state index contributed by atoms with van der Waals surface area (Å²) in [6.45, 7) is 1.60. The van der Waals surface area contributed by atoms with E-state index in [0.717, 1.165) is 0 Å². The summed E-state index contributed by atoms with van der Waals surface area (Å²) < 4.78 is 5.09. The molecule has 5 heteroatoms. The zero-order valence-corrected chi connectivity index (χ0v) is 9.21. The van der Waals surface area contributed by atoms with Gasteiger partial charge >= 0.3 is 5.97 Å². The van der Waals surface area contributed by atoms with Crippen LogP contribution in [-0.4, -0.2) is 21.8 Å². The van der Waals surface area contributed by atoms with E-state index in [1.165, 1.54) is 6.39 Å². The fraction of sp³-hybridized carbons (Fsp3) is 0.250. The van der Waals surface area contributed by atoms with Gasteiger partial charge in [0.25, 0.3) is 0 Å². The van der Waals surface area contributed by atoms with Crippen LogP contribution in [0.5, 0.6) is 0 Å². The van der Waals surface area contributed by atoms with Gasteiger partial charge in [-0.3, -0.25) is 9.59 Å². The first-order valence-electron chi connectivity index (χ1n) is 5.17. The predicted octanol–water partition coefficient (Wildman–Crippen LogP) is 2.12. The summed E-state index contributed by atoms with van der Waals surface area (Å²) in [6.07, 6.45) is 1.13. The van der Waals surface area contributed by atoms with E-state index < -0.39 is 11.9 Å². The number of aliphatic carboxylic acids is 1. The molecule has 0 saturated carbocycles. The Labute approximate surface area is 97.1 Å². The van der Waals surface area contributed by atoms with Crippen molar-refractivity contribution in [3.05, 3.63) is 30.2 Å². The lowest BCUT2D eigenvalue weighted by molar-refractivity contribution is -0.137. The van der Waals surface area contributed by atoms with Crippen LogP contribution >= 0.6 is 0 Å². The first-order valence-corrected chi connectivity index (χ1v) is 5.17. The molecule has 0 bridgehead atoms. The number of carboxylic acids is 1. The second kappa shape index (κ2) is 4.37. The zero-order valence-electron chi connectivity index (χ0n) is 9.21. The molecular weight excluding hydrogens is 222 g/mol. The average Bonchev–Trinajstić information content (AvgIpc) is 2.73. The second-order valence-corrected chi connectivity index (χ2v) is 3.90. The van der Waals surface area contributed by atoms with E-state index in [0.29, 0.717) is 16.7 Å². The normalized spacial score (nSPS) is 12.5. The van der Waals surface area contributed by atoms with Crippen molar-refractivity contribution in [1.29, 1.82) is 0 Å². The van der Waals surface area contributed by atoms with Gasteiger partial charge in [0.2, 0.25) is 0 Å². The molecule has 1 aromatic heterocycles. The first-order chi connectivity index (χ1) is 8.08. The van der Waals surface area contributed by atoms with E-state index in [1.54, 1.807) is 25.1 Å². The van der Waals surface area contributed by atoms with Gasteiger partial charge in [-0.15, -0.1) is 0 Å². The number of fused-ring (bicyclic) bond motifs is 1. The third-order valence-corrected chi connectivity index (χ3v) is 2.54. The molecule has 17 heavy (non-hydrogen) atoms. The maximum Gasteiger partial charge on any atom is 0.304 e. The molecular formula is C12H11NO4.